The second-order valence-corrected chi connectivity index (χ2v) is 3.81. The van der Waals surface area contributed by atoms with Crippen molar-refractivity contribution in [2.24, 2.45) is 0 Å². The molecule has 0 saturated heterocycles. The number of benzene rings is 2. The van der Waals surface area contributed by atoms with Gasteiger partial charge in [0.25, 0.3) is 0 Å². The van der Waals surface area contributed by atoms with Crippen LogP contribution in [0.25, 0.3) is 16.6 Å². The van der Waals surface area contributed by atoms with Gasteiger partial charge in [-0.1, -0.05) is 24.3 Å². The summed E-state index contributed by atoms with van der Waals surface area (Å²) < 4.78 is 28.9. The summed E-state index contributed by atoms with van der Waals surface area (Å²) in [5.41, 5.74) is 0.755. The summed E-state index contributed by atoms with van der Waals surface area (Å²) in [7, 11) is 0. The van der Waals surface area contributed by atoms with Gasteiger partial charge in [0.2, 0.25) is 0 Å². The summed E-state index contributed by atoms with van der Waals surface area (Å²) in [5, 5.41) is 0.954. The Kier molecular flexibility index (Phi) is 2.18. The van der Waals surface area contributed by atoms with E-state index in [0.717, 1.165) is 10.9 Å². The SMILES string of the molecule is Fc1cccc(F)c1-n1ccc2ccccc21. The maximum Gasteiger partial charge on any atom is 0.150 e. The van der Waals surface area contributed by atoms with E-state index in [4.69, 9.17) is 0 Å². The van der Waals surface area contributed by atoms with E-state index >= 15 is 0 Å². The van der Waals surface area contributed by atoms with E-state index < -0.39 is 11.6 Å². The van der Waals surface area contributed by atoms with Gasteiger partial charge in [-0.15, -0.1) is 0 Å². The average molecular weight is 229 g/mol. The monoisotopic (exact) mass is 229 g/mol. The molecule has 0 atom stereocenters. The predicted molar refractivity (Wildman–Crippen MR) is 63.2 cm³/mol. The zero-order chi connectivity index (χ0) is 11.8. The highest BCUT2D eigenvalue weighted by atomic mass is 19.1. The van der Waals surface area contributed by atoms with Crippen LogP contribution in [0, 0.1) is 11.6 Å². The van der Waals surface area contributed by atoms with E-state index in [1.165, 1.54) is 22.8 Å². The van der Waals surface area contributed by atoms with Gasteiger partial charge in [0.15, 0.2) is 0 Å². The number of halogens is 2. The fourth-order valence-corrected chi connectivity index (χ4v) is 2.00. The highest BCUT2D eigenvalue weighted by molar-refractivity contribution is 5.81. The minimum atomic E-state index is -0.564. The Balaban J connectivity index is 2.35. The first kappa shape index (κ1) is 10.0. The molecule has 3 heteroatoms. The summed E-state index contributed by atoms with van der Waals surface area (Å²) in [6, 6.07) is 13.2. The lowest BCUT2D eigenvalue weighted by atomic mass is 10.2. The molecule has 1 nitrogen and oxygen atoms in total. The highest BCUT2D eigenvalue weighted by Crippen LogP contribution is 2.24. The van der Waals surface area contributed by atoms with Crippen LogP contribution < -0.4 is 0 Å². The second kappa shape index (κ2) is 3.70. The number of aromatic nitrogens is 1. The number of fused-ring (bicyclic) bond motifs is 1. The smallest absolute Gasteiger partial charge is 0.150 e. The van der Waals surface area contributed by atoms with Crippen molar-refractivity contribution in [3.63, 3.8) is 0 Å². The van der Waals surface area contributed by atoms with Gasteiger partial charge >= 0.3 is 0 Å². The molecule has 3 aromatic rings. The van der Waals surface area contributed by atoms with Crippen LogP contribution in [0.15, 0.2) is 54.7 Å². The van der Waals surface area contributed by atoms with Gasteiger partial charge in [-0.05, 0) is 29.7 Å². The van der Waals surface area contributed by atoms with Crippen LogP contribution in [0.5, 0.6) is 0 Å². The Morgan fingerprint density at radius 2 is 1.47 bits per heavy atom. The van der Waals surface area contributed by atoms with E-state index in [9.17, 15) is 8.78 Å². The zero-order valence-electron chi connectivity index (χ0n) is 8.90. The third-order valence-corrected chi connectivity index (χ3v) is 2.78. The van der Waals surface area contributed by atoms with Crippen LogP contribution in [0.3, 0.4) is 0 Å². The van der Waals surface area contributed by atoms with Crippen molar-refractivity contribution in [2.45, 2.75) is 0 Å². The predicted octanol–water partition coefficient (Wildman–Crippen LogP) is 3.91. The molecule has 0 radical (unpaired) electrons. The maximum atomic E-state index is 13.7. The average Bonchev–Trinajstić information content (AvgIpc) is 2.73. The van der Waals surface area contributed by atoms with Crippen molar-refractivity contribution in [1.29, 1.82) is 0 Å². The Morgan fingerprint density at radius 1 is 0.765 bits per heavy atom. The van der Waals surface area contributed by atoms with Crippen molar-refractivity contribution in [3.05, 3.63) is 66.4 Å². The zero-order valence-corrected chi connectivity index (χ0v) is 8.90. The third kappa shape index (κ3) is 1.51. The van der Waals surface area contributed by atoms with E-state index in [2.05, 4.69) is 0 Å². The van der Waals surface area contributed by atoms with Crippen LogP contribution in [-0.4, -0.2) is 4.57 Å². The molecule has 3 rings (SSSR count). The molecule has 0 aliphatic carbocycles. The lowest BCUT2D eigenvalue weighted by Crippen LogP contribution is -1.99. The maximum absolute atomic E-state index is 13.7. The largest absolute Gasteiger partial charge is 0.311 e. The molecule has 0 unspecified atom stereocenters. The van der Waals surface area contributed by atoms with Gasteiger partial charge in [0, 0.05) is 6.20 Å². The molecule has 1 aromatic heterocycles. The molecule has 1 heterocycles. The highest BCUT2D eigenvalue weighted by Gasteiger charge is 2.12. The molecule has 0 aliphatic rings. The number of hydrogen-bond donors (Lipinski definition) is 0. The van der Waals surface area contributed by atoms with E-state index in [1.807, 2.05) is 30.3 Å². The van der Waals surface area contributed by atoms with E-state index in [-0.39, 0.29) is 5.69 Å². The Labute approximate surface area is 96.9 Å². The second-order valence-electron chi connectivity index (χ2n) is 3.81. The summed E-state index contributed by atoms with van der Waals surface area (Å²) >= 11 is 0. The Hall–Kier alpha value is -2.16. The van der Waals surface area contributed by atoms with Crippen molar-refractivity contribution >= 4 is 10.9 Å². The summed E-state index contributed by atoms with van der Waals surface area (Å²) in [4.78, 5) is 0. The third-order valence-electron chi connectivity index (χ3n) is 2.78. The summed E-state index contributed by atoms with van der Waals surface area (Å²) in [6.45, 7) is 0. The lowest BCUT2D eigenvalue weighted by Gasteiger charge is -2.07. The molecule has 2 aromatic carbocycles. The topological polar surface area (TPSA) is 4.93 Å². The minimum absolute atomic E-state index is 0.0336. The first-order valence-electron chi connectivity index (χ1n) is 5.28. The molecule has 0 spiro atoms. The van der Waals surface area contributed by atoms with Gasteiger partial charge in [0.05, 0.1) is 5.52 Å². The molecule has 0 aliphatic heterocycles. The van der Waals surface area contributed by atoms with Crippen LogP contribution in [0.1, 0.15) is 0 Å². The lowest BCUT2D eigenvalue weighted by molar-refractivity contribution is 0.571. The van der Waals surface area contributed by atoms with E-state index in [1.54, 1.807) is 6.20 Å². The molecule has 0 amide bonds. The molecule has 0 N–H and O–H groups in total. The molecular formula is C14H9F2N. The fraction of sp³-hybridized carbons (Fsp3) is 0. The molecular weight excluding hydrogens is 220 g/mol. The number of nitrogens with zero attached hydrogens (tertiary/aromatic N) is 1. The van der Waals surface area contributed by atoms with Crippen LogP contribution >= 0.6 is 0 Å². The van der Waals surface area contributed by atoms with Gasteiger partial charge < -0.3 is 4.57 Å². The first-order valence-corrected chi connectivity index (χ1v) is 5.28. The standard InChI is InChI=1S/C14H9F2N/c15-11-5-3-6-12(16)14(11)17-9-8-10-4-1-2-7-13(10)17/h1-9H. The van der Waals surface area contributed by atoms with Gasteiger partial charge in [-0.25, -0.2) is 8.78 Å². The van der Waals surface area contributed by atoms with Crippen LogP contribution in [0.2, 0.25) is 0 Å². The molecule has 17 heavy (non-hydrogen) atoms. The first-order chi connectivity index (χ1) is 8.27. The van der Waals surface area contributed by atoms with Gasteiger partial charge in [-0.2, -0.15) is 0 Å². The van der Waals surface area contributed by atoms with E-state index in [0.29, 0.717) is 0 Å². The number of para-hydroxylation sites is 2. The summed E-state index contributed by atoms with van der Waals surface area (Å²) in [5.74, 6) is -1.13. The minimum Gasteiger partial charge on any atom is -0.311 e. The van der Waals surface area contributed by atoms with Crippen LogP contribution in [-0.2, 0) is 0 Å². The molecule has 84 valence electrons. The number of hydrogen-bond acceptors (Lipinski definition) is 0. The van der Waals surface area contributed by atoms with Crippen LogP contribution in [0.4, 0.5) is 8.78 Å². The van der Waals surface area contributed by atoms with Crippen molar-refractivity contribution in [2.75, 3.05) is 0 Å². The molecule has 0 fully saturated rings. The van der Waals surface area contributed by atoms with Gasteiger partial charge in [0.1, 0.15) is 17.3 Å². The van der Waals surface area contributed by atoms with Gasteiger partial charge in [-0.3, -0.25) is 0 Å². The normalized spacial score (nSPS) is 10.9. The van der Waals surface area contributed by atoms with Crippen molar-refractivity contribution in [1.82, 2.24) is 4.57 Å². The van der Waals surface area contributed by atoms with Crippen molar-refractivity contribution in [3.8, 4) is 5.69 Å². The molecule has 0 saturated carbocycles. The number of rotatable bonds is 1. The Bertz CT molecular complexity index is 665. The molecule has 0 bridgehead atoms. The Morgan fingerprint density at radius 3 is 2.24 bits per heavy atom. The summed E-state index contributed by atoms with van der Waals surface area (Å²) in [6.07, 6.45) is 1.67. The van der Waals surface area contributed by atoms with Crippen molar-refractivity contribution < 1.29 is 8.78 Å². The fourth-order valence-electron chi connectivity index (χ4n) is 2.00. The quantitative estimate of drug-likeness (QED) is 0.596.